The molecule has 3 unspecified atom stereocenters. The Kier molecular flexibility index (Phi) is 10.9. The lowest BCUT2D eigenvalue weighted by Crippen LogP contribution is -2.45. The molecule has 0 saturated carbocycles. The first-order valence-corrected chi connectivity index (χ1v) is 15.0. The van der Waals surface area contributed by atoms with E-state index in [4.69, 9.17) is 5.26 Å². The van der Waals surface area contributed by atoms with Crippen LogP contribution in [0.5, 0.6) is 0 Å². The van der Waals surface area contributed by atoms with E-state index in [9.17, 15) is 5.26 Å². The smallest absolute Gasteiger partial charge is 0.0866 e. The number of nitriles is 2. The Balaban J connectivity index is 1.53. The van der Waals surface area contributed by atoms with E-state index in [2.05, 4.69) is 45.8 Å². The summed E-state index contributed by atoms with van der Waals surface area (Å²) in [6.45, 7) is 10.6. The van der Waals surface area contributed by atoms with Crippen LogP contribution in [0.1, 0.15) is 64.2 Å². The van der Waals surface area contributed by atoms with E-state index in [-0.39, 0.29) is 0 Å². The monoisotopic (exact) mass is 495 g/mol. The largest absolute Gasteiger partial charge is 0.306 e. The Hall–Kier alpha value is -1.18. The zero-order chi connectivity index (χ0) is 25.3. The highest BCUT2D eigenvalue weighted by Crippen LogP contribution is 2.46. The van der Waals surface area contributed by atoms with Crippen molar-refractivity contribution >= 4 is 0 Å². The highest BCUT2D eigenvalue weighted by Gasteiger charge is 2.41. The van der Waals surface area contributed by atoms with Crippen LogP contribution in [0.2, 0.25) is 0 Å². The van der Waals surface area contributed by atoms with Gasteiger partial charge in [0.1, 0.15) is 0 Å². The second-order valence-corrected chi connectivity index (χ2v) is 12.6. The molecule has 0 amide bonds. The Labute approximate surface area is 221 Å². The fourth-order valence-electron chi connectivity index (χ4n) is 7.84. The number of rotatable bonds is 9. The van der Waals surface area contributed by atoms with Crippen molar-refractivity contribution in [3.05, 3.63) is 5.92 Å². The van der Waals surface area contributed by atoms with Crippen LogP contribution in [0, 0.1) is 58.2 Å². The molecule has 6 nitrogen and oxygen atoms in total. The molecule has 0 aromatic rings. The van der Waals surface area contributed by atoms with E-state index in [1.165, 1.54) is 90.4 Å². The van der Waals surface area contributed by atoms with Gasteiger partial charge in [0.25, 0.3) is 0 Å². The van der Waals surface area contributed by atoms with E-state index in [0.717, 1.165) is 43.9 Å². The van der Waals surface area contributed by atoms with Gasteiger partial charge in [-0.05, 0) is 153 Å². The molecule has 4 rings (SSSR count). The lowest BCUT2D eigenvalue weighted by molar-refractivity contribution is 0.0906. The molecule has 6 heteroatoms. The summed E-state index contributed by atoms with van der Waals surface area (Å²) in [4.78, 5) is 9.89. The minimum absolute atomic E-state index is 0.587. The molecule has 4 aliphatic heterocycles. The van der Waals surface area contributed by atoms with Crippen molar-refractivity contribution < 1.29 is 0 Å². The maximum atomic E-state index is 9.42. The predicted octanol–water partition coefficient (Wildman–Crippen LogP) is 4.11. The second kappa shape index (κ2) is 14.1. The molecule has 0 aliphatic carbocycles. The van der Waals surface area contributed by atoms with Crippen molar-refractivity contribution in [1.82, 2.24) is 19.6 Å². The summed E-state index contributed by atoms with van der Waals surface area (Å²) < 4.78 is 0. The molecule has 4 aliphatic rings. The van der Waals surface area contributed by atoms with E-state index >= 15 is 0 Å². The number of hydrogen-bond donors (Lipinski definition) is 0. The summed E-state index contributed by atoms with van der Waals surface area (Å²) in [7, 11) is 4.61. The molecular weight excluding hydrogens is 444 g/mol. The van der Waals surface area contributed by atoms with Crippen LogP contribution < -0.4 is 0 Å². The minimum Gasteiger partial charge on any atom is -0.306 e. The van der Waals surface area contributed by atoms with Gasteiger partial charge in [0.05, 0.1) is 25.2 Å². The zero-order valence-electron chi connectivity index (χ0n) is 23.2. The highest BCUT2D eigenvalue weighted by atomic mass is 15.1. The molecule has 1 radical (unpaired) electrons. The summed E-state index contributed by atoms with van der Waals surface area (Å²) in [6, 6.07) is 4.80. The van der Waals surface area contributed by atoms with Crippen molar-refractivity contribution in [2.45, 2.75) is 64.2 Å². The zero-order valence-corrected chi connectivity index (χ0v) is 23.2. The van der Waals surface area contributed by atoms with Gasteiger partial charge < -0.3 is 9.80 Å². The fraction of sp³-hybridized carbons (Fsp3) is 0.900. The van der Waals surface area contributed by atoms with Gasteiger partial charge in [-0.2, -0.15) is 10.5 Å². The molecule has 201 valence electrons. The fourth-order valence-corrected chi connectivity index (χ4v) is 7.84. The Bertz CT molecular complexity index is 727. The van der Waals surface area contributed by atoms with Gasteiger partial charge in [-0.1, -0.05) is 0 Å². The summed E-state index contributed by atoms with van der Waals surface area (Å²) >= 11 is 0. The number of piperidine rings is 4. The Morgan fingerprint density at radius 2 is 1.39 bits per heavy atom. The van der Waals surface area contributed by atoms with Gasteiger partial charge in [0.2, 0.25) is 0 Å². The van der Waals surface area contributed by atoms with Crippen molar-refractivity contribution in [1.29, 1.82) is 10.5 Å². The SMILES string of the molecule is CN1CCC(C[C](C2CCCN(C)C2)C(CC2CCN(CC#N)CC2)C2CCCN(CC#N)C2)CC1. The molecule has 0 spiro atoms. The lowest BCUT2D eigenvalue weighted by Gasteiger charge is -2.47. The van der Waals surface area contributed by atoms with Crippen molar-refractivity contribution in [3.8, 4) is 12.1 Å². The number of likely N-dealkylation sites (tertiary alicyclic amines) is 4. The maximum Gasteiger partial charge on any atom is 0.0866 e. The third kappa shape index (κ3) is 7.91. The first-order valence-electron chi connectivity index (χ1n) is 15.0. The summed E-state index contributed by atoms with van der Waals surface area (Å²) in [5.41, 5.74) is 0. The molecule has 4 saturated heterocycles. The summed E-state index contributed by atoms with van der Waals surface area (Å²) in [6.07, 6.45) is 13.2. The molecule has 36 heavy (non-hydrogen) atoms. The lowest BCUT2D eigenvalue weighted by atomic mass is 9.63. The van der Waals surface area contributed by atoms with Gasteiger partial charge in [-0.15, -0.1) is 0 Å². The van der Waals surface area contributed by atoms with Gasteiger partial charge in [0, 0.05) is 13.1 Å². The van der Waals surface area contributed by atoms with Gasteiger partial charge in [-0.3, -0.25) is 9.80 Å². The minimum atomic E-state index is 0.587. The molecule has 4 fully saturated rings. The van der Waals surface area contributed by atoms with Crippen LogP contribution in [0.3, 0.4) is 0 Å². The van der Waals surface area contributed by atoms with Gasteiger partial charge in [-0.25, -0.2) is 0 Å². The molecular formula is C30H51N6. The molecule has 0 N–H and O–H groups in total. The second-order valence-electron chi connectivity index (χ2n) is 12.6. The van der Waals surface area contributed by atoms with E-state index in [1.54, 1.807) is 0 Å². The predicted molar refractivity (Wildman–Crippen MR) is 146 cm³/mol. The quantitative estimate of drug-likeness (QED) is 0.449. The molecule has 0 aromatic heterocycles. The normalized spacial score (nSPS) is 29.7. The van der Waals surface area contributed by atoms with Gasteiger partial charge >= 0.3 is 0 Å². The van der Waals surface area contributed by atoms with Gasteiger partial charge in [0.15, 0.2) is 0 Å². The van der Waals surface area contributed by atoms with Crippen molar-refractivity contribution in [2.24, 2.45) is 29.6 Å². The standard InChI is InChI=1S/C30H51N6/c1-33-15-7-25(8-16-33)21-29(27-5-3-13-34(2)23-27)30(28-6-4-14-36(24-28)20-12-32)22-26-9-17-35(18-10-26)19-11-31/h25-28,30H,3-10,13-24H2,1-2H3. The molecule has 0 aromatic carbocycles. The first kappa shape index (κ1) is 27.8. The average molecular weight is 496 g/mol. The third-order valence-electron chi connectivity index (χ3n) is 9.98. The summed E-state index contributed by atoms with van der Waals surface area (Å²) in [5.74, 6) is 5.72. The topological polar surface area (TPSA) is 60.5 Å². The molecule has 4 heterocycles. The van der Waals surface area contributed by atoms with E-state index in [1.807, 2.05) is 5.92 Å². The van der Waals surface area contributed by atoms with Crippen LogP contribution in [0.15, 0.2) is 0 Å². The maximum absolute atomic E-state index is 9.42. The van der Waals surface area contributed by atoms with E-state index in [0.29, 0.717) is 24.9 Å². The average Bonchev–Trinajstić information content (AvgIpc) is 2.89. The van der Waals surface area contributed by atoms with Crippen molar-refractivity contribution in [3.63, 3.8) is 0 Å². The van der Waals surface area contributed by atoms with Crippen LogP contribution in [-0.4, -0.2) is 99.1 Å². The summed E-state index contributed by atoms with van der Waals surface area (Å²) in [5, 5.41) is 18.6. The Morgan fingerprint density at radius 3 is 2.08 bits per heavy atom. The van der Waals surface area contributed by atoms with E-state index < -0.39 is 0 Å². The first-order chi connectivity index (χ1) is 17.6. The highest BCUT2D eigenvalue weighted by molar-refractivity contribution is 5.09. The van der Waals surface area contributed by atoms with Crippen LogP contribution >= 0.6 is 0 Å². The third-order valence-corrected chi connectivity index (χ3v) is 9.98. The number of nitrogens with zero attached hydrogens (tertiary/aromatic N) is 6. The van der Waals surface area contributed by atoms with Crippen molar-refractivity contribution in [2.75, 3.05) is 79.5 Å². The molecule has 3 atom stereocenters. The number of hydrogen-bond acceptors (Lipinski definition) is 6. The Morgan fingerprint density at radius 1 is 0.722 bits per heavy atom. The molecule has 0 bridgehead atoms. The van der Waals surface area contributed by atoms with Crippen LogP contribution in [0.4, 0.5) is 0 Å². The van der Waals surface area contributed by atoms with Crippen LogP contribution in [-0.2, 0) is 0 Å². The van der Waals surface area contributed by atoms with Crippen LogP contribution in [0.25, 0.3) is 0 Å².